The number of nitrogen functional groups attached to an aromatic ring is 1. The molecule has 12 heteroatoms. The SMILES string of the molecule is CSc1c(N)n[nH]c1C(=Nc1c(Cl)cc(C(F)(F)F)cc1Cl)NN. The number of rotatable bonds is 3. The van der Waals surface area contributed by atoms with Crippen molar-refractivity contribution in [1.29, 1.82) is 0 Å². The Balaban J connectivity index is 2.56. The molecule has 0 radical (unpaired) electrons. The number of benzene rings is 1. The number of aromatic amines is 1. The number of aliphatic imine (C=N–C) groups is 1. The van der Waals surface area contributed by atoms with Gasteiger partial charge in [-0.3, -0.25) is 5.10 Å². The van der Waals surface area contributed by atoms with Gasteiger partial charge in [-0.2, -0.15) is 18.3 Å². The Kier molecular flexibility index (Phi) is 5.53. The minimum absolute atomic E-state index is 0.0621. The number of thioether (sulfide) groups is 1. The van der Waals surface area contributed by atoms with Gasteiger partial charge in [-0.1, -0.05) is 23.2 Å². The number of nitrogens with one attached hydrogen (secondary N) is 2. The molecule has 0 atom stereocenters. The first kappa shape index (κ1) is 18.7. The Morgan fingerprint density at radius 1 is 1.33 bits per heavy atom. The second-order valence-electron chi connectivity index (χ2n) is 4.41. The van der Waals surface area contributed by atoms with E-state index in [2.05, 4.69) is 20.6 Å². The van der Waals surface area contributed by atoms with Crippen LogP contribution in [0, 0.1) is 0 Å². The van der Waals surface area contributed by atoms with E-state index in [1.165, 1.54) is 11.8 Å². The van der Waals surface area contributed by atoms with Crippen molar-refractivity contribution in [2.24, 2.45) is 10.8 Å². The van der Waals surface area contributed by atoms with E-state index in [-0.39, 0.29) is 27.4 Å². The topological polar surface area (TPSA) is 105 Å². The molecule has 130 valence electrons. The number of aromatic nitrogens is 2. The van der Waals surface area contributed by atoms with Gasteiger partial charge in [0.05, 0.1) is 20.5 Å². The number of hydrogen-bond donors (Lipinski definition) is 4. The molecular weight excluding hydrogens is 388 g/mol. The predicted octanol–water partition coefficient (Wildman–Crippen LogP) is 3.58. The largest absolute Gasteiger partial charge is 0.416 e. The van der Waals surface area contributed by atoms with Gasteiger partial charge in [-0.15, -0.1) is 11.8 Å². The molecule has 0 bridgehead atoms. The van der Waals surface area contributed by atoms with E-state index in [9.17, 15) is 13.2 Å². The molecule has 2 aromatic rings. The van der Waals surface area contributed by atoms with Crippen LogP contribution < -0.4 is 17.0 Å². The van der Waals surface area contributed by atoms with Gasteiger partial charge in [0.15, 0.2) is 11.7 Å². The minimum atomic E-state index is -4.58. The minimum Gasteiger partial charge on any atom is -0.381 e. The van der Waals surface area contributed by atoms with Crippen LogP contribution in [0.5, 0.6) is 0 Å². The van der Waals surface area contributed by atoms with Crippen LogP contribution in [0.4, 0.5) is 24.7 Å². The van der Waals surface area contributed by atoms with Crippen molar-refractivity contribution in [2.75, 3.05) is 12.0 Å². The zero-order chi connectivity index (χ0) is 18.1. The van der Waals surface area contributed by atoms with E-state index >= 15 is 0 Å². The first-order chi connectivity index (χ1) is 11.2. The third kappa shape index (κ3) is 3.72. The molecular formula is C12H11Cl2F3N6S. The van der Waals surface area contributed by atoms with Crippen molar-refractivity contribution in [3.8, 4) is 0 Å². The maximum atomic E-state index is 12.8. The standard InChI is InChI=1S/C12H11Cl2F3N6S/c1-24-9-8(22-23-10(9)18)11(21-19)20-7-5(13)2-4(3-6(7)14)12(15,16)17/h2-3H,19H2,1H3,(H,20,21)(H3,18,22,23). The van der Waals surface area contributed by atoms with Gasteiger partial charge in [-0.05, 0) is 18.4 Å². The summed E-state index contributed by atoms with van der Waals surface area (Å²) in [5.41, 5.74) is 7.33. The van der Waals surface area contributed by atoms with Crippen molar-refractivity contribution in [1.82, 2.24) is 15.6 Å². The number of H-pyrrole nitrogens is 1. The molecule has 0 aliphatic carbocycles. The third-order valence-electron chi connectivity index (χ3n) is 2.89. The van der Waals surface area contributed by atoms with Gasteiger partial charge in [0.25, 0.3) is 0 Å². The van der Waals surface area contributed by atoms with Crippen LogP contribution in [0.3, 0.4) is 0 Å². The molecule has 1 heterocycles. The summed E-state index contributed by atoms with van der Waals surface area (Å²) in [7, 11) is 0. The highest BCUT2D eigenvalue weighted by Crippen LogP contribution is 2.40. The van der Waals surface area contributed by atoms with Gasteiger partial charge in [0.2, 0.25) is 0 Å². The highest BCUT2D eigenvalue weighted by molar-refractivity contribution is 7.98. The van der Waals surface area contributed by atoms with Gasteiger partial charge >= 0.3 is 6.18 Å². The number of nitrogens with zero attached hydrogens (tertiary/aromatic N) is 2. The van der Waals surface area contributed by atoms with E-state index in [1.807, 2.05) is 0 Å². The summed E-state index contributed by atoms with van der Waals surface area (Å²) in [5.74, 6) is 5.73. The van der Waals surface area contributed by atoms with E-state index in [4.69, 9.17) is 34.8 Å². The molecule has 0 saturated carbocycles. The maximum Gasteiger partial charge on any atom is 0.416 e. The van der Waals surface area contributed by atoms with Crippen LogP contribution in [0.25, 0.3) is 0 Å². The van der Waals surface area contributed by atoms with Gasteiger partial charge in [-0.25, -0.2) is 10.8 Å². The highest BCUT2D eigenvalue weighted by atomic mass is 35.5. The quantitative estimate of drug-likeness (QED) is 0.208. The summed E-state index contributed by atoms with van der Waals surface area (Å²) in [6.07, 6.45) is -2.81. The van der Waals surface area contributed by atoms with Crippen LogP contribution in [-0.4, -0.2) is 22.3 Å². The average molecular weight is 399 g/mol. The zero-order valence-electron chi connectivity index (χ0n) is 12.0. The van der Waals surface area contributed by atoms with Crippen molar-refractivity contribution < 1.29 is 13.2 Å². The molecule has 2 rings (SSSR count). The molecule has 0 amide bonds. The fraction of sp³-hybridized carbons (Fsp3) is 0.167. The van der Waals surface area contributed by atoms with E-state index in [0.29, 0.717) is 10.6 Å². The number of anilines is 1. The second-order valence-corrected chi connectivity index (χ2v) is 6.04. The lowest BCUT2D eigenvalue weighted by Crippen LogP contribution is -2.31. The highest BCUT2D eigenvalue weighted by Gasteiger charge is 2.32. The van der Waals surface area contributed by atoms with Gasteiger partial charge in [0.1, 0.15) is 11.4 Å². The average Bonchev–Trinajstić information content (AvgIpc) is 2.86. The van der Waals surface area contributed by atoms with Crippen LogP contribution in [-0.2, 0) is 6.18 Å². The molecule has 1 aromatic heterocycles. The monoisotopic (exact) mass is 398 g/mol. The van der Waals surface area contributed by atoms with Gasteiger partial charge in [0, 0.05) is 0 Å². The molecule has 24 heavy (non-hydrogen) atoms. The molecule has 0 fully saturated rings. The van der Waals surface area contributed by atoms with Crippen LogP contribution in [0.15, 0.2) is 22.0 Å². The number of nitrogens with two attached hydrogens (primary N) is 2. The fourth-order valence-electron chi connectivity index (χ4n) is 1.82. The summed E-state index contributed by atoms with van der Waals surface area (Å²) in [6.45, 7) is 0. The molecule has 0 spiro atoms. The van der Waals surface area contributed by atoms with Crippen LogP contribution in [0.1, 0.15) is 11.3 Å². The number of alkyl halides is 3. The maximum absolute atomic E-state index is 12.8. The second kappa shape index (κ2) is 7.09. The lowest BCUT2D eigenvalue weighted by Gasteiger charge is -2.11. The third-order valence-corrected chi connectivity index (χ3v) is 4.29. The molecule has 6 N–H and O–H groups in total. The van der Waals surface area contributed by atoms with E-state index in [1.54, 1.807) is 6.26 Å². The number of hydrogen-bond acceptors (Lipinski definition) is 5. The molecule has 1 aromatic carbocycles. The summed E-state index contributed by atoms with van der Waals surface area (Å²) in [6, 6.07) is 1.47. The van der Waals surface area contributed by atoms with Crippen molar-refractivity contribution >= 4 is 52.3 Å². The summed E-state index contributed by atoms with van der Waals surface area (Å²) in [4.78, 5) is 4.66. The Morgan fingerprint density at radius 2 is 1.92 bits per heavy atom. The molecule has 0 aliphatic heterocycles. The Bertz CT molecular complexity index is 767. The summed E-state index contributed by atoms with van der Waals surface area (Å²) in [5, 5.41) is 5.91. The molecule has 6 nitrogen and oxygen atoms in total. The summed E-state index contributed by atoms with van der Waals surface area (Å²) < 4.78 is 38.3. The normalized spacial score (nSPS) is 12.5. The fourth-order valence-corrected chi connectivity index (χ4v) is 2.99. The Hall–Kier alpha value is -1.62. The van der Waals surface area contributed by atoms with Crippen molar-refractivity contribution in [2.45, 2.75) is 11.1 Å². The Labute approximate surface area is 148 Å². The van der Waals surface area contributed by atoms with Crippen molar-refractivity contribution in [3.63, 3.8) is 0 Å². The molecule has 0 saturated heterocycles. The summed E-state index contributed by atoms with van der Waals surface area (Å²) >= 11 is 13.1. The first-order valence-electron chi connectivity index (χ1n) is 6.18. The molecule has 0 unspecified atom stereocenters. The lowest BCUT2D eigenvalue weighted by molar-refractivity contribution is -0.137. The predicted molar refractivity (Wildman–Crippen MR) is 89.8 cm³/mol. The van der Waals surface area contributed by atoms with E-state index in [0.717, 1.165) is 12.1 Å². The zero-order valence-corrected chi connectivity index (χ0v) is 14.3. The van der Waals surface area contributed by atoms with Gasteiger partial charge < -0.3 is 11.2 Å². The Morgan fingerprint density at radius 3 is 2.38 bits per heavy atom. The van der Waals surface area contributed by atoms with Crippen molar-refractivity contribution in [3.05, 3.63) is 33.4 Å². The van der Waals surface area contributed by atoms with Crippen LogP contribution >= 0.6 is 35.0 Å². The smallest absolute Gasteiger partial charge is 0.381 e. The number of hydrazine groups is 1. The first-order valence-corrected chi connectivity index (χ1v) is 8.16. The van der Waals surface area contributed by atoms with Crippen LogP contribution in [0.2, 0.25) is 10.0 Å². The number of amidine groups is 1. The lowest BCUT2D eigenvalue weighted by atomic mass is 10.2. The van der Waals surface area contributed by atoms with E-state index < -0.39 is 11.7 Å². The number of halogens is 5. The molecule has 0 aliphatic rings.